The van der Waals surface area contributed by atoms with Crippen LogP contribution in [0.3, 0.4) is 0 Å². The molecule has 0 spiro atoms. The van der Waals surface area contributed by atoms with Gasteiger partial charge in [0.2, 0.25) is 0 Å². The van der Waals surface area contributed by atoms with Crippen LogP contribution in [0.1, 0.15) is 29.8 Å². The number of rotatable bonds is 8. The molecule has 4 heteroatoms. The summed E-state index contributed by atoms with van der Waals surface area (Å²) in [5.74, 6) is 0.271. The maximum atomic E-state index is 11.2. The number of nitrogens with zero attached hydrogens (tertiary/aromatic N) is 1. The van der Waals surface area contributed by atoms with Crippen LogP contribution >= 0.6 is 0 Å². The Hall–Kier alpha value is -2.62. The van der Waals surface area contributed by atoms with Gasteiger partial charge in [-0.25, -0.2) is 9.78 Å². The molecule has 0 radical (unpaired) electrons. The molecule has 2 rings (SSSR count). The van der Waals surface area contributed by atoms with Crippen LogP contribution in [-0.2, 0) is 16.0 Å². The summed E-state index contributed by atoms with van der Waals surface area (Å²) in [5.41, 5.74) is 2.86. The lowest BCUT2D eigenvalue weighted by molar-refractivity contribution is -0.134. The summed E-state index contributed by atoms with van der Waals surface area (Å²) in [6, 6.07) is 14.2. The number of esters is 1. The topological polar surface area (TPSA) is 48.4 Å². The first-order valence-corrected chi connectivity index (χ1v) is 8.09. The summed E-state index contributed by atoms with van der Waals surface area (Å²) in [5, 5.41) is 0. The van der Waals surface area contributed by atoms with Crippen molar-refractivity contribution in [3.05, 3.63) is 65.5 Å². The van der Waals surface area contributed by atoms with E-state index in [-0.39, 0.29) is 0 Å². The Bertz CT molecular complexity index is 681. The van der Waals surface area contributed by atoms with Crippen LogP contribution in [0, 0.1) is 6.92 Å². The van der Waals surface area contributed by atoms with Gasteiger partial charge >= 0.3 is 5.97 Å². The Labute approximate surface area is 143 Å². The SMILES string of the molecule is COC(=O)/C=C/c1nc(C)ccc1OCCCCc1ccccc1. The molecule has 0 aliphatic carbocycles. The molecular formula is C20H23NO3. The molecular weight excluding hydrogens is 302 g/mol. The van der Waals surface area contributed by atoms with Crippen LogP contribution in [0.15, 0.2) is 48.5 Å². The second-order valence-corrected chi connectivity index (χ2v) is 5.48. The maximum Gasteiger partial charge on any atom is 0.330 e. The standard InChI is InChI=1S/C20H23NO3/c1-16-11-13-19(18(21-16)12-14-20(22)23-2)24-15-7-6-10-17-8-4-3-5-9-17/h3-5,8-9,11-14H,6-7,10,15H2,1-2H3/b14-12+. The number of ether oxygens (including phenoxy) is 2. The van der Waals surface area contributed by atoms with Gasteiger partial charge in [-0.2, -0.15) is 0 Å². The number of hydrogen-bond acceptors (Lipinski definition) is 4. The summed E-state index contributed by atoms with van der Waals surface area (Å²) in [6.07, 6.45) is 6.05. The van der Waals surface area contributed by atoms with Gasteiger partial charge in [-0.05, 0) is 50.0 Å². The summed E-state index contributed by atoms with van der Waals surface area (Å²) >= 11 is 0. The van der Waals surface area contributed by atoms with Crippen molar-refractivity contribution in [3.8, 4) is 5.75 Å². The van der Waals surface area contributed by atoms with Crippen molar-refractivity contribution in [2.75, 3.05) is 13.7 Å². The van der Waals surface area contributed by atoms with Crippen molar-refractivity contribution in [1.82, 2.24) is 4.98 Å². The number of benzene rings is 1. The summed E-state index contributed by atoms with van der Waals surface area (Å²) < 4.78 is 10.4. The van der Waals surface area contributed by atoms with E-state index >= 15 is 0 Å². The first kappa shape index (κ1) is 17.7. The Kier molecular flexibility index (Phi) is 7.02. The van der Waals surface area contributed by atoms with Gasteiger partial charge in [0.25, 0.3) is 0 Å². The minimum absolute atomic E-state index is 0.410. The number of carbonyl (C=O) groups is 1. The van der Waals surface area contributed by atoms with Gasteiger partial charge < -0.3 is 9.47 Å². The number of hydrogen-bond donors (Lipinski definition) is 0. The molecule has 1 heterocycles. The Balaban J connectivity index is 1.85. The second kappa shape index (κ2) is 9.50. The molecule has 24 heavy (non-hydrogen) atoms. The van der Waals surface area contributed by atoms with Gasteiger partial charge in [0.1, 0.15) is 11.4 Å². The van der Waals surface area contributed by atoms with Crippen molar-refractivity contribution in [1.29, 1.82) is 0 Å². The molecule has 0 N–H and O–H groups in total. The predicted octanol–water partition coefficient (Wildman–Crippen LogP) is 3.98. The highest BCUT2D eigenvalue weighted by atomic mass is 16.5. The van der Waals surface area contributed by atoms with Crippen molar-refractivity contribution in [2.45, 2.75) is 26.2 Å². The van der Waals surface area contributed by atoms with Crippen LogP contribution in [0.25, 0.3) is 6.08 Å². The quantitative estimate of drug-likeness (QED) is 0.418. The molecule has 0 amide bonds. The largest absolute Gasteiger partial charge is 0.491 e. The van der Waals surface area contributed by atoms with Crippen molar-refractivity contribution >= 4 is 12.0 Å². The molecule has 0 unspecified atom stereocenters. The van der Waals surface area contributed by atoms with Crippen LogP contribution in [0.2, 0.25) is 0 Å². The Morgan fingerprint density at radius 2 is 1.92 bits per heavy atom. The highest BCUT2D eigenvalue weighted by Crippen LogP contribution is 2.19. The van der Waals surface area contributed by atoms with Crippen LogP contribution in [0.5, 0.6) is 5.75 Å². The van der Waals surface area contributed by atoms with Crippen molar-refractivity contribution in [2.24, 2.45) is 0 Å². The van der Waals surface area contributed by atoms with E-state index in [1.165, 1.54) is 18.7 Å². The van der Waals surface area contributed by atoms with Gasteiger partial charge in [-0.1, -0.05) is 30.3 Å². The fraction of sp³-hybridized carbons (Fsp3) is 0.300. The molecule has 1 aromatic carbocycles. The summed E-state index contributed by atoms with van der Waals surface area (Å²) in [6.45, 7) is 2.52. The van der Waals surface area contributed by atoms with Crippen LogP contribution in [0.4, 0.5) is 0 Å². The first-order chi connectivity index (χ1) is 11.7. The van der Waals surface area contributed by atoms with Gasteiger partial charge in [0.05, 0.1) is 13.7 Å². The zero-order valence-electron chi connectivity index (χ0n) is 14.2. The third-order valence-electron chi connectivity index (χ3n) is 3.56. The van der Waals surface area contributed by atoms with E-state index in [0.29, 0.717) is 18.1 Å². The monoisotopic (exact) mass is 325 g/mol. The van der Waals surface area contributed by atoms with E-state index < -0.39 is 5.97 Å². The zero-order valence-corrected chi connectivity index (χ0v) is 14.2. The number of pyridine rings is 1. The smallest absolute Gasteiger partial charge is 0.330 e. The van der Waals surface area contributed by atoms with Crippen molar-refractivity contribution in [3.63, 3.8) is 0 Å². The molecule has 0 atom stereocenters. The average molecular weight is 325 g/mol. The summed E-state index contributed by atoms with van der Waals surface area (Å²) in [7, 11) is 1.35. The van der Waals surface area contributed by atoms with Gasteiger partial charge in [-0.3, -0.25) is 0 Å². The highest BCUT2D eigenvalue weighted by molar-refractivity contribution is 5.87. The second-order valence-electron chi connectivity index (χ2n) is 5.48. The lowest BCUT2D eigenvalue weighted by Crippen LogP contribution is -2.02. The van der Waals surface area contributed by atoms with Crippen molar-refractivity contribution < 1.29 is 14.3 Å². The molecule has 0 aliphatic rings. The van der Waals surface area contributed by atoms with E-state index in [1.807, 2.05) is 25.1 Å². The molecule has 0 fully saturated rings. The van der Waals surface area contributed by atoms with E-state index in [4.69, 9.17) is 4.74 Å². The molecule has 1 aromatic heterocycles. The number of methoxy groups -OCH3 is 1. The predicted molar refractivity (Wildman–Crippen MR) is 94.9 cm³/mol. The highest BCUT2D eigenvalue weighted by Gasteiger charge is 2.04. The lowest BCUT2D eigenvalue weighted by Gasteiger charge is -2.09. The molecule has 0 saturated carbocycles. The van der Waals surface area contributed by atoms with Crippen LogP contribution in [-0.4, -0.2) is 24.7 Å². The third kappa shape index (κ3) is 5.88. The van der Waals surface area contributed by atoms with Gasteiger partial charge in [-0.15, -0.1) is 0 Å². The van der Waals surface area contributed by atoms with E-state index in [0.717, 1.165) is 25.0 Å². The molecule has 2 aromatic rings. The molecule has 126 valence electrons. The fourth-order valence-corrected chi connectivity index (χ4v) is 2.28. The average Bonchev–Trinajstić information content (AvgIpc) is 2.61. The molecule has 0 aliphatic heterocycles. The van der Waals surface area contributed by atoms with E-state index in [2.05, 4.69) is 34.0 Å². The number of aryl methyl sites for hydroxylation is 2. The third-order valence-corrected chi connectivity index (χ3v) is 3.56. The van der Waals surface area contributed by atoms with Gasteiger partial charge in [0.15, 0.2) is 0 Å². The minimum Gasteiger partial charge on any atom is -0.491 e. The van der Waals surface area contributed by atoms with Crippen LogP contribution < -0.4 is 4.74 Å². The zero-order chi connectivity index (χ0) is 17.2. The minimum atomic E-state index is -0.410. The Morgan fingerprint density at radius 3 is 2.67 bits per heavy atom. The van der Waals surface area contributed by atoms with E-state index in [9.17, 15) is 4.79 Å². The lowest BCUT2D eigenvalue weighted by atomic mass is 10.1. The molecule has 0 bridgehead atoms. The van der Waals surface area contributed by atoms with E-state index in [1.54, 1.807) is 6.08 Å². The molecule has 0 saturated heterocycles. The first-order valence-electron chi connectivity index (χ1n) is 8.09. The Morgan fingerprint density at radius 1 is 1.12 bits per heavy atom. The molecule has 4 nitrogen and oxygen atoms in total. The maximum absolute atomic E-state index is 11.2. The van der Waals surface area contributed by atoms with Gasteiger partial charge in [0, 0.05) is 11.8 Å². The fourth-order valence-electron chi connectivity index (χ4n) is 2.28. The number of carbonyl (C=O) groups excluding carboxylic acids is 1. The number of aromatic nitrogens is 1. The summed E-state index contributed by atoms with van der Waals surface area (Å²) in [4.78, 5) is 15.6. The normalized spacial score (nSPS) is 10.8. The number of unbranched alkanes of at least 4 members (excludes halogenated alkanes) is 1.